The lowest BCUT2D eigenvalue weighted by Gasteiger charge is -2.11. The average Bonchev–Trinajstić information content (AvgIpc) is 3.11. The Morgan fingerprint density at radius 1 is 1.18 bits per heavy atom. The van der Waals surface area contributed by atoms with Gasteiger partial charge in [0, 0.05) is 36.3 Å². The molecule has 1 aliphatic rings. The normalized spacial score (nSPS) is 14.7. The van der Waals surface area contributed by atoms with Crippen molar-refractivity contribution in [1.29, 1.82) is 0 Å². The maximum Gasteiger partial charge on any atom is 0.258 e. The monoisotopic (exact) mass is 374 g/mol. The summed E-state index contributed by atoms with van der Waals surface area (Å²) in [7, 11) is 1.90. The first kappa shape index (κ1) is 17.9. The predicted molar refractivity (Wildman–Crippen MR) is 110 cm³/mol. The smallest absolute Gasteiger partial charge is 0.258 e. The SMILES string of the molecule is CC(Nc1c(C)nn(C)c1C)=C1C(=O)Nc2cnc(-c3cnccc3C)cc21. The van der Waals surface area contributed by atoms with Crippen molar-refractivity contribution in [3.63, 3.8) is 0 Å². The lowest BCUT2D eigenvalue weighted by atomic mass is 10.0. The number of hydrogen-bond donors (Lipinski definition) is 2. The van der Waals surface area contributed by atoms with E-state index in [9.17, 15) is 4.79 Å². The number of anilines is 2. The summed E-state index contributed by atoms with van der Waals surface area (Å²) in [6, 6.07) is 3.89. The fourth-order valence-electron chi connectivity index (χ4n) is 3.53. The quantitative estimate of drug-likeness (QED) is 0.684. The number of aryl methyl sites for hydroxylation is 3. The van der Waals surface area contributed by atoms with Crippen LogP contribution in [0.1, 0.15) is 29.4 Å². The summed E-state index contributed by atoms with van der Waals surface area (Å²) in [6.07, 6.45) is 5.26. The molecular weight excluding hydrogens is 352 g/mol. The van der Waals surface area contributed by atoms with E-state index in [1.165, 1.54) is 0 Å². The van der Waals surface area contributed by atoms with E-state index in [0.717, 1.165) is 45.2 Å². The summed E-state index contributed by atoms with van der Waals surface area (Å²) in [5, 5.41) is 10.7. The maximum atomic E-state index is 12.7. The summed E-state index contributed by atoms with van der Waals surface area (Å²) < 4.78 is 1.82. The van der Waals surface area contributed by atoms with Gasteiger partial charge in [0.25, 0.3) is 5.91 Å². The van der Waals surface area contributed by atoms with Crippen LogP contribution in [0.25, 0.3) is 16.8 Å². The molecule has 7 nitrogen and oxygen atoms in total. The third-order valence-corrected chi connectivity index (χ3v) is 5.16. The first-order valence-corrected chi connectivity index (χ1v) is 9.07. The number of hydrogen-bond acceptors (Lipinski definition) is 5. The number of pyridine rings is 2. The molecule has 0 atom stereocenters. The summed E-state index contributed by atoms with van der Waals surface area (Å²) in [5.74, 6) is -0.138. The molecule has 4 heterocycles. The van der Waals surface area contributed by atoms with Gasteiger partial charge in [-0.05, 0) is 45.4 Å². The van der Waals surface area contributed by atoms with Crippen LogP contribution in [-0.4, -0.2) is 25.7 Å². The van der Waals surface area contributed by atoms with E-state index in [0.29, 0.717) is 11.3 Å². The second-order valence-electron chi connectivity index (χ2n) is 7.05. The third-order valence-electron chi connectivity index (χ3n) is 5.16. The van der Waals surface area contributed by atoms with Crippen LogP contribution in [0.5, 0.6) is 0 Å². The van der Waals surface area contributed by atoms with Crippen molar-refractivity contribution in [3.05, 3.63) is 58.9 Å². The van der Waals surface area contributed by atoms with Gasteiger partial charge in [-0.1, -0.05) is 0 Å². The van der Waals surface area contributed by atoms with Gasteiger partial charge in [0.2, 0.25) is 0 Å². The summed E-state index contributed by atoms with van der Waals surface area (Å²) in [5.41, 5.74) is 8.59. The highest BCUT2D eigenvalue weighted by Gasteiger charge is 2.28. The van der Waals surface area contributed by atoms with E-state index in [2.05, 4.69) is 25.7 Å². The second-order valence-corrected chi connectivity index (χ2v) is 7.05. The van der Waals surface area contributed by atoms with E-state index in [-0.39, 0.29) is 5.91 Å². The molecule has 3 aromatic heterocycles. The molecular formula is C21H22N6O. The summed E-state index contributed by atoms with van der Waals surface area (Å²) in [4.78, 5) is 21.4. The average molecular weight is 374 g/mol. The van der Waals surface area contributed by atoms with Crippen molar-refractivity contribution in [2.75, 3.05) is 10.6 Å². The molecule has 0 aliphatic carbocycles. The summed E-state index contributed by atoms with van der Waals surface area (Å²) >= 11 is 0. The fourth-order valence-corrected chi connectivity index (χ4v) is 3.53. The number of nitrogens with one attached hydrogen (secondary N) is 2. The molecule has 142 valence electrons. The molecule has 0 aromatic carbocycles. The van der Waals surface area contributed by atoms with Gasteiger partial charge in [-0.25, -0.2) is 0 Å². The Kier molecular flexibility index (Phi) is 4.22. The number of carbonyl (C=O) groups excluding carboxylic acids is 1. The minimum Gasteiger partial charge on any atom is -0.355 e. The minimum absolute atomic E-state index is 0.138. The van der Waals surface area contributed by atoms with Crippen LogP contribution in [0.15, 0.2) is 36.4 Å². The Labute approximate surface area is 163 Å². The standard InChI is InChI=1S/C21H22N6O/c1-11-6-7-22-9-16(11)17-8-15-18(10-23-17)25-21(28)19(15)12(2)24-20-13(3)26-27(5)14(20)4/h6-10,24H,1-5H3,(H,25,28). The fraction of sp³-hybridized carbons (Fsp3) is 0.238. The van der Waals surface area contributed by atoms with Gasteiger partial charge < -0.3 is 10.6 Å². The lowest BCUT2D eigenvalue weighted by Crippen LogP contribution is -2.09. The van der Waals surface area contributed by atoms with E-state index in [4.69, 9.17) is 0 Å². The zero-order valence-corrected chi connectivity index (χ0v) is 16.6. The minimum atomic E-state index is -0.138. The highest BCUT2D eigenvalue weighted by Crippen LogP contribution is 2.36. The number of allylic oxidation sites excluding steroid dienone is 1. The highest BCUT2D eigenvalue weighted by atomic mass is 16.2. The van der Waals surface area contributed by atoms with Crippen molar-refractivity contribution in [2.45, 2.75) is 27.7 Å². The Balaban J connectivity index is 1.80. The molecule has 0 fully saturated rings. The number of fused-ring (bicyclic) bond motifs is 1. The number of rotatable bonds is 3. The zero-order valence-electron chi connectivity index (χ0n) is 16.6. The topological polar surface area (TPSA) is 84.7 Å². The lowest BCUT2D eigenvalue weighted by molar-refractivity contribution is -0.110. The van der Waals surface area contributed by atoms with E-state index >= 15 is 0 Å². The highest BCUT2D eigenvalue weighted by molar-refractivity contribution is 6.32. The molecule has 0 spiro atoms. The van der Waals surface area contributed by atoms with Crippen LogP contribution in [0.3, 0.4) is 0 Å². The van der Waals surface area contributed by atoms with E-state index in [1.807, 2.05) is 51.6 Å². The zero-order chi connectivity index (χ0) is 20.0. The van der Waals surface area contributed by atoms with Gasteiger partial charge in [0.05, 0.1) is 40.2 Å². The van der Waals surface area contributed by atoms with Gasteiger partial charge >= 0.3 is 0 Å². The van der Waals surface area contributed by atoms with E-state index < -0.39 is 0 Å². The maximum absolute atomic E-state index is 12.7. The first-order valence-electron chi connectivity index (χ1n) is 9.07. The van der Waals surface area contributed by atoms with Crippen LogP contribution in [0.2, 0.25) is 0 Å². The number of aromatic nitrogens is 4. The van der Waals surface area contributed by atoms with Crippen LogP contribution >= 0.6 is 0 Å². The molecule has 0 unspecified atom stereocenters. The van der Waals surface area contributed by atoms with Gasteiger partial charge in [0.1, 0.15) is 0 Å². The molecule has 3 aromatic rings. The van der Waals surface area contributed by atoms with E-state index in [1.54, 1.807) is 18.6 Å². The van der Waals surface area contributed by atoms with Crippen molar-refractivity contribution in [1.82, 2.24) is 19.7 Å². The number of amides is 1. The largest absolute Gasteiger partial charge is 0.355 e. The van der Waals surface area contributed by atoms with Gasteiger partial charge in [-0.3, -0.25) is 19.4 Å². The molecule has 0 saturated carbocycles. The van der Waals surface area contributed by atoms with Crippen LogP contribution < -0.4 is 10.6 Å². The summed E-state index contributed by atoms with van der Waals surface area (Å²) in [6.45, 7) is 7.87. The molecule has 2 N–H and O–H groups in total. The van der Waals surface area contributed by atoms with Crippen LogP contribution in [-0.2, 0) is 11.8 Å². The molecule has 0 radical (unpaired) electrons. The molecule has 28 heavy (non-hydrogen) atoms. The Morgan fingerprint density at radius 3 is 2.64 bits per heavy atom. The molecule has 1 amide bonds. The van der Waals surface area contributed by atoms with Crippen molar-refractivity contribution >= 4 is 22.9 Å². The van der Waals surface area contributed by atoms with Gasteiger partial charge in [0.15, 0.2) is 0 Å². The third kappa shape index (κ3) is 2.85. The first-order chi connectivity index (χ1) is 13.4. The Bertz CT molecular complexity index is 1140. The molecule has 4 rings (SSSR count). The number of carbonyl (C=O) groups is 1. The van der Waals surface area contributed by atoms with Crippen molar-refractivity contribution in [3.8, 4) is 11.3 Å². The Hall–Kier alpha value is -3.48. The van der Waals surface area contributed by atoms with Crippen LogP contribution in [0.4, 0.5) is 11.4 Å². The Morgan fingerprint density at radius 2 is 1.96 bits per heavy atom. The van der Waals surface area contributed by atoms with Crippen LogP contribution in [0, 0.1) is 20.8 Å². The van der Waals surface area contributed by atoms with Crippen molar-refractivity contribution < 1.29 is 4.79 Å². The molecule has 7 heteroatoms. The second kappa shape index (κ2) is 6.60. The molecule has 0 bridgehead atoms. The van der Waals surface area contributed by atoms with Crippen molar-refractivity contribution in [2.24, 2.45) is 7.05 Å². The van der Waals surface area contributed by atoms with Gasteiger partial charge in [-0.15, -0.1) is 0 Å². The number of nitrogens with zero attached hydrogens (tertiary/aromatic N) is 4. The predicted octanol–water partition coefficient (Wildman–Crippen LogP) is 3.60. The van der Waals surface area contributed by atoms with Gasteiger partial charge in [-0.2, -0.15) is 5.10 Å². The molecule has 0 saturated heterocycles. The molecule has 1 aliphatic heterocycles.